The number of aromatic amines is 1. The Hall–Kier alpha value is -5.32. The van der Waals surface area contributed by atoms with E-state index >= 15 is 0 Å². The third-order valence-corrected chi connectivity index (χ3v) is 8.92. The zero-order valence-electron chi connectivity index (χ0n) is 27.5. The molecule has 0 saturated carbocycles. The molecule has 0 aliphatic carbocycles. The highest BCUT2D eigenvalue weighted by atomic mass is 16.5. The molecule has 0 amide bonds. The number of nitrogens with one attached hydrogen (secondary N) is 1. The molecule has 0 fully saturated rings. The third-order valence-electron chi connectivity index (χ3n) is 8.92. The van der Waals surface area contributed by atoms with Crippen LogP contribution < -0.4 is 10.3 Å². The van der Waals surface area contributed by atoms with Crippen LogP contribution in [0.2, 0.25) is 0 Å². The van der Waals surface area contributed by atoms with Crippen LogP contribution >= 0.6 is 0 Å². The van der Waals surface area contributed by atoms with E-state index in [2.05, 4.69) is 46.6 Å². The zero-order chi connectivity index (χ0) is 33.6. The van der Waals surface area contributed by atoms with E-state index < -0.39 is 18.0 Å². The molecule has 248 valence electrons. The predicted molar refractivity (Wildman–Crippen MR) is 181 cm³/mol. The van der Waals surface area contributed by atoms with Crippen LogP contribution in [0, 0.1) is 0 Å². The molecule has 2 atom stereocenters. The Balaban J connectivity index is 1.31. The summed E-state index contributed by atoms with van der Waals surface area (Å²) in [5, 5.41) is 14.4. The van der Waals surface area contributed by atoms with Gasteiger partial charge in [-0.2, -0.15) is 0 Å². The highest BCUT2D eigenvalue weighted by Crippen LogP contribution is 2.33. The molecule has 0 radical (unpaired) electrons. The van der Waals surface area contributed by atoms with Gasteiger partial charge in [0.1, 0.15) is 5.75 Å². The number of aromatic nitrogens is 6. The number of benzene rings is 3. The maximum Gasteiger partial charge on any atom is 0.338 e. The molecule has 0 saturated heterocycles. The van der Waals surface area contributed by atoms with Crippen molar-refractivity contribution in [3.05, 3.63) is 106 Å². The number of carbonyl (C=O) groups is 2. The molecule has 1 aliphatic rings. The Bertz CT molecular complexity index is 1940. The average molecular weight is 649 g/mol. The van der Waals surface area contributed by atoms with Crippen molar-refractivity contribution in [1.29, 1.82) is 0 Å². The van der Waals surface area contributed by atoms with Crippen molar-refractivity contribution < 1.29 is 19.1 Å². The molecule has 1 N–H and O–H groups in total. The first-order valence-corrected chi connectivity index (χ1v) is 16.7. The summed E-state index contributed by atoms with van der Waals surface area (Å²) in [5.74, 6) is -0.189. The molecule has 1 aliphatic heterocycles. The van der Waals surface area contributed by atoms with E-state index in [0.29, 0.717) is 29.8 Å². The van der Waals surface area contributed by atoms with Crippen molar-refractivity contribution in [2.75, 3.05) is 6.61 Å². The number of fused-ring (bicyclic) bond motifs is 1. The normalized spacial score (nSPS) is 15.6. The summed E-state index contributed by atoms with van der Waals surface area (Å²) in [7, 11) is 0. The van der Waals surface area contributed by atoms with Crippen LogP contribution in [0.5, 0.6) is 5.75 Å². The minimum absolute atomic E-state index is 0.0451. The number of ether oxygens (including phenoxy) is 2. The topological polar surface area (TPSA) is 134 Å². The van der Waals surface area contributed by atoms with Crippen molar-refractivity contribution in [3.8, 4) is 28.3 Å². The Morgan fingerprint density at radius 3 is 2.46 bits per heavy atom. The smallest absolute Gasteiger partial charge is 0.338 e. The number of esters is 2. The number of carbonyl (C=O) groups excluding carboxylic acids is 2. The lowest BCUT2D eigenvalue weighted by Gasteiger charge is -2.31. The minimum Gasteiger partial charge on any atom is -0.462 e. The second-order valence-electron chi connectivity index (χ2n) is 12.2. The number of rotatable bonds is 12. The highest BCUT2D eigenvalue weighted by Gasteiger charge is 2.36. The molecule has 3 heterocycles. The van der Waals surface area contributed by atoms with Gasteiger partial charge in [0.2, 0.25) is 0 Å². The van der Waals surface area contributed by atoms with Gasteiger partial charge in [0, 0.05) is 29.3 Å². The molecular weight excluding hydrogens is 608 g/mol. The lowest BCUT2D eigenvalue weighted by molar-refractivity contribution is -0.140. The van der Waals surface area contributed by atoms with Crippen LogP contribution in [0.25, 0.3) is 22.5 Å². The first-order chi connectivity index (χ1) is 23.4. The van der Waals surface area contributed by atoms with Crippen molar-refractivity contribution in [3.63, 3.8) is 0 Å². The molecule has 2 aromatic heterocycles. The summed E-state index contributed by atoms with van der Waals surface area (Å²) in [6.45, 7) is 6.24. The van der Waals surface area contributed by atoms with Crippen LogP contribution in [-0.2, 0) is 22.4 Å². The maximum absolute atomic E-state index is 14.3. The van der Waals surface area contributed by atoms with Crippen molar-refractivity contribution in [2.24, 2.45) is 0 Å². The number of tetrazole rings is 1. The maximum atomic E-state index is 14.3. The van der Waals surface area contributed by atoms with Gasteiger partial charge >= 0.3 is 11.9 Å². The van der Waals surface area contributed by atoms with Crippen molar-refractivity contribution >= 4 is 11.9 Å². The quantitative estimate of drug-likeness (QED) is 0.0921. The fraction of sp³-hybridized carbons (Fsp3) is 0.351. The molecule has 3 aromatic carbocycles. The Kier molecular flexibility index (Phi) is 9.94. The average Bonchev–Trinajstić information content (AvgIpc) is 3.73. The molecule has 11 heteroatoms. The zero-order valence-corrected chi connectivity index (χ0v) is 27.5. The van der Waals surface area contributed by atoms with Gasteiger partial charge in [-0.15, -0.1) is 5.10 Å². The van der Waals surface area contributed by atoms with Crippen molar-refractivity contribution in [2.45, 2.75) is 77.8 Å². The Morgan fingerprint density at radius 2 is 1.73 bits per heavy atom. The molecule has 6 rings (SSSR count). The molecule has 5 aromatic rings. The predicted octanol–water partition coefficient (Wildman–Crippen LogP) is 6.50. The van der Waals surface area contributed by atoms with Gasteiger partial charge < -0.3 is 9.47 Å². The highest BCUT2D eigenvalue weighted by molar-refractivity contribution is 5.90. The lowest BCUT2D eigenvalue weighted by Crippen LogP contribution is -2.39. The van der Waals surface area contributed by atoms with E-state index in [1.54, 1.807) is 29.8 Å². The first kappa shape index (κ1) is 32.6. The molecule has 48 heavy (non-hydrogen) atoms. The Labute approximate surface area is 278 Å². The van der Waals surface area contributed by atoms with E-state index in [-0.39, 0.29) is 24.0 Å². The van der Waals surface area contributed by atoms with Gasteiger partial charge in [0.15, 0.2) is 11.9 Å². The van der Waals surface area contributed by atoms with Crippen LogP contribution in [0.1, 0.15) is 92.1 Å². The molecule has 2 unspecified atom stereocenters. The summed E-state index contributed by atoms with van der Waals surface area (Å²) in [6, 6.07) is 21.8. The minimum atomic E-state index is -0.789. The fourth-order valence-corrected chi connectivity index (χ4v) is 6.55. The van der Waals surface area contributed by atoms with Crippen LogP contribution in [0.15, 0.2) is 77.6 Å². The van der Waals surface area contributed by atoms with Crippen LogP contribution in [0.3, 0.4) is 0 Å². The van der Waals surface area contributed by atoms with E-state index in [9.17, 15) is 14.4 Å². The van der Waals surface area contributed by atoms with Gasteiger partial charge in [-0.1, -0.05) is 74.4 Å². The lowest BCUT2D eigenvalue weighted by atomic mass is 9.96. The van der Waals surface area contributed by atoms with Crippen LogP contribution in [-0.4, -0.2) is 48.5 Å². The summed E-state index contributed by atoms with van der Waals surface area (Å²) < 4.78 is 14.6. The molecule has 0 spiro atoms. The largest absolute Gasteiger partial charge is 0.462 e. The van der Waals surface area contributed by atoms with E-state index in [4.69, 9.17) is 9.47 Å². The molecular formula is C37H40N6O5. The van der Waals surface area contributed by atoms with Gasteiger partial charge in [-0.25, -0.2) is 19.4 Å². The third kappa shape index (κ3) is 6.71. The number of unbranched alkanes of at least 4 members (excludes halogenated alkanes) is 2. The summed E-state index contributed by atoms with van der Waals surface area (Å²) >= 11 is 0. The van der Waals surface area contributed by atoms with Gasteiger partial charge in [0.05, 0.1) is 12.2 Å². The Morgan fingerprint density at radius 1 is 0.938 bits per heavy atom. The first-order valence-electron chi connectivity index (χ1n) is 16.7. The second-order valence-corrected chi connectivity index (χ2v) is 12.2. The SMILES string of the molecule is CCCCCc1c(Cc2ccc(-c3ccccc3-c3nnn[nH]3)cc2)c(=O)n2n1C(C)CCC2C(=O)Oc1cccc(C(=O)OCC)c1. The number of H-pyrrole nitrogens is 1. The molecule has 11 nitrogen and oxygen atoms in total. The summed E-state index contributed by atoms with van der Waals surface area (Å²) in [6.07, 6.45) is 5.44. The summed E-state index contributed by atoms with van der Waals surface area (Å²) in [4.78, 5) is 40.3. The van der Waals surface area contributed by atoms with Gasteiger partial charge in [-0.05, 0) is 84.8 Å². The van der Waals surface area contributed by atoms with Gasteiger partial charge in [-0.3, -0.25) is 9.48 Å². The van der Waals surface area contributed by atoms with E-state index in [0.717, 1.165) is 60.1 Å². The second kappa shape index (κ2) is 14.6. The number of hydrogen-bond acceptors (Lipinski definition) is 8. The van der Waals surface area contributed by atoms with Gasteiger partial charge in [0.25, 0.3) is 5.56 Å². The molecule has 0 bridgehead atoms. The number of hydrogen-bond donors (Lipinski definition) is 1. The monoisotopic (exact) mass is 648 g/mol. The van der Waals surface area contributed by atoms with Crippen molar-refractivity contribution in [1.82, 2.24) is 30.0 Å². The number of nitrogens with zero attached hydrogens (tertiary/aromatic N) is 5. The van der Waals surface area contributed by atoms with E-state index in [1.807, 2.05) is 41.1 Å². The summed E-state index contributed by atoms with van der Waals surface area (Å²) in [5.41, 5.74) is 5.71. The van der Waals surface area contributed by atoms with Crippen LogP contribution in [0.4, 0.5) is 0 Å². The standard InChI is InChI=1S/C37H40N6O5/c1-4-6-7-15-32-31(22-25-17-19-26(20-18-25)29-13-8-9-14-30(29)34-38-40-41-39-34)35(44)43-33(21-16-24(3)42(32)43)37(46)48-28-12-10-11-27(23-28)36(45)47-5-2/h8-14,17-20,23-24,33H,4-7,15-16,21-22H2,1-3H3,(H,38,39,40,41). The van der Waals surface area contributed by atoms with E-state index in [1.165, 1.54) is 6.07 Å². The fourth-order valence-electron chi connectivity index (χ4n) is 6.55.